The Morgan fingerprint density at radius 2 is 0.632 bits per heavy atom. The molecular weight excluding hydrogens is 1190 g/mol. The van der Waals surface area contributed by atoms with Gasteiger partial charge in [-0.3, -0.25) is 0 Å². The third kappa shape index (κ3) is 10.1. The molecule has 0 spiro atoms. The fraction of sp³-hybridized carbons (Fsp3) is 0.253. The van der Waals surface area contributed by atoms with Gasteiger partial charge in [-0.2, -0.15) is 0 Å². The number of thiophene rings is 2. The zero-order valence-electron chi connectivity index (χ0n) is 55.2. The summed E-state index contributed by atoms with van der Waals surface area (Å²) in [7, 11) is 0. The highest BCUT2D eigenvalue weighted by Gasteiger charge is 2.47. The number of benzene rings is 10. The number of anilines is 6. The second-order valence-corrected chi connectivity index (χ2v) is 30.2. The van der Waals surface area contributed by atoms with E-state index in [-0.39, 0.29) is 16.2 Å². The van der Waals surface area contributed by atoms with E-state index in [1.54, 1.807) is 11.1 Å². The van der Waals surface area contributed by atoms with Crippen LogP contribution < -0.4 is 9.80 Å². The Balaban J connectivity index is 0.744. The van der Waals surface area contributed by atoms with Gasteiger partial charge in [0.2, 0.25) is 0 Å². The second kappa shape index (κ2) is 25.1. The van der Waals surface area contributed by atoms with Crippen molar-refractivity contribution in [1.82, 2.24) is 0 Å². The van der Waals surface area contributed by atoms with E-state index in [0.717, 1.165) is 64.2 Å². The first kappa shape index (κ1) is 59.9. The minimum atomic E-state index is -0.234. The van der Waals surface area contributed by atoms with Crippen molar-refractivity contribution < 1.29 is 0 Å². The van der Waals surface area contributed by atoms with Crippen LogP contribution in [-0.4, -0.2) is 0 Å². The summed E-state index contributed by atoms with van der Waals surface area (Å²) in [6.45, 7) is 4.57. The van der Waals surface area contributed by atoms with Crippen LogP contribution in [0.5, 0.6) is 0 Å². The fourth-order valence-corrected chi connectivity index (χ4v) is 20.1. The largest absolute Gasteiger partial charge is 0.302 e. The molecule has 17 rings (SSSR count). The Hall–Kier alpha value is -8.80. The van der Waals surface area contributed by atoms with E-state index in [2.05, 4.69) is 278 Å². The predicted octanol–water partition coefficient (Wildman–Crippen LogP) is 25.0. The van der Waals surface area contributed by atoms with Crippen molar-refractivity contribution in [2.75, 3.05) is 9.80 Å². The molecule has 5 aliphatic rings. The summed E-state index contributed by atoms with van der Waals surface area (Å²) in [5.74, 6) is 0. The summed E-state index contributed by atoms with van der Waals surface area (Å²) < 4.78 is 0. The molecule has 12 aromatic rings. The van der Waals surface area contributed by atoms with Crippen molar-refractivity contribution >= 4 is 55.4 Å². The SMILES string of the molecule is CCc1ccc(N(c2ccccc2)c2ccc3c(c2)C(CCCCCCC2(c4ccc5c(c4)CC5)c4ccccc4-c4ccccc42)(CCCCCCC2(c4ccc5c(c4)CC5)c4ccccc4-c4ccccc42)c2cc(N(c4ccccc4)c4ccc(CC)s4)ccc2-3)s1. The van der Waals surface area contributed by atoms with Crippen LogP contribution in [0.15, 0.2) is 255 Å². The Morgan fingerprint density at radius 1 is 0.284 bits per heavy atom. The average molecular weight is 1270 g/mol. The lowest BCUT2D eigenvalue weighted by Crippen LogP contribution is -2.28. The number of hydrogen-bond acceptors (Lipinski definition) is 4. The number of rotatable bonds is 24. The number of para-hydroxylation sites is 2. The highest BCUT2D eigenvalue weighted by atomic mass is 32.1. The van der Waals surface area contributed by atoms with E-state index in [0.29, 0.717) is 0 Å². The number of hydrogen-bond donors (Lipinski definition) is 0. The molecule has 0 fully saturated rings. The second-order valence-electron chi connectivity index (χ2n) is 27.9. The normalized spacial score (nSPS) is 14.9. The Labute approximate surface area is 571 Å². The molecule has 0 saturated heterocycles. The molecule has 5 aliphatic carbocycles. The van der Waals surface area contributed by atoms with Crippen LogP contribution in [0.4, 0.5) is 32.8 Å². The standard InChI is InChI=1S/C91H84N2S2/c1-3-73-49-53-87(94-73)92(69-27-11-9-12-28-69)71-47-51-79-80-52-48-72(93(70-29-13-10-14-30-70)88-54-50-74(4-2)95-88)62-86(80)89(85(79)61-71,55-23-5-7-25-57-90(67-45-43-63-39-41-65(63)59-67)81-35-19-15-31-75(81)76-32-16-20-36-82(76)90)56-24-6-8-26-58-91(68-46-44-64-40-42-66(64)60-68)83-37-21-17-33-77(83)78-34-18-22-38-84(78)91/h9-22,27-38,43-54,59-62H,3-8,23-26,39-42,55-58H2,1-2H3. The summed E-state index contributed by atoms with van der Waals surface area (Å²) >= 11 is 3.85. The third-order valence-electron chi connectivity index (χ3n) is 23.0. The van der Waals surface area contributed by atoms with Gasteiger partial charge in [-0.15, -0.1) is 22.7 Å². The Morgan fingerprint density at radius 3 is 0.979 bits per heavy atom. The van der Waals surface area contributed by atoms with E-state index in [9.17, 15) is 0 Å². The summed E-state index contributed by atoms with van der Waals surface area (Å²) in [4.78, 5) is 7.91. The molecule has 0 N–H and O–H groups in total. The van der Waals surface area contributed by atoms with Crippen molar-refractivity contribution in [3.05, 3.63) is 331 Å². The van der Waals surface area contributed by atoms with Crippen molar-refractivity contribution in [1.29, 1.82) is 0 Å². The number of aryl methyl sites for hydroxylation is 6. The maximum absolute atomic E-state index is 2.66. The molecule has 2 aromatic heterocycles. The zero-order chi connectivity index (χ0) is 63.5. The maximum atomic E-state index is 2.66. The lowest BCUT2D eigenvalue weighted by Gasteiger charge is -2.36. The first-order valence-corrected chi connectivity index (χ1v) is 37.4. The van der Waals surface area contributed by atoms with E-state index < -0.39 is 0 Å². The van der Waals surface area contributed by atoms with Gasteiger partial charge in [-0.05, 0) is 237 Å². The van der Waals surface area contributed by atoms with Gasteiger partial charge < -0.3 is 9.80 Å². The van der Waals surface area contributed by atoms with Gasteiger partial charge in [0, 0.05) is 48.7 Å². The maximum Gasteiger partial charge on any atom is 0.100 e. The molecule has 0 unspecified atom stereocenters. The molecule has 10 aromatic carbocycles. The Kier molecular flexibility index (Phi) is 15.8. The van der Waals surface area contributed by atoms with Crippen molar-refractivity contribution in [2.24, 2.45) is 0 Å². The molecule has 2 nitrogen and oxygen atoms in total. The lowest BCUT2D eigenvalue weighted by atomic mass is 9.67. The summed E-state index contributed by atoms with van der Waals surface area (Å²) in [5.41, 5.74) is 30.8. The Bertz CT molecular complexity index is 4420. The van der Waals surface area contributed by atoms with Gasteiger partial charge in [0.25, 0.3) is 0 Å². The van der Waals surface area contributed by atoms with Gasteiger partial charge in [0.1, 0.15) is 10.0 Å². The van der Waals surface area contributed by atoms with Crippen LogP contribution in [0.1, 0.15) is 167 Å². The van der Waals surface area contributed by atoms with Gasteiger partial charge in [-0.1, -0.05) is 247 Å². The molecule has 0 atom stereocenters. The first-order chi connectivity index (χ1) is 47.0. The van der Waals surface area contributed by atoms with Gasteiger partial charge >= 0.3 is 0 Å². The van der Waals surface area contributed by atoms with Crippen LogP contribution in [0, 0.1) is 0 Å². The number of nitrogens with zero attached hydrogens (tertiary/aromatic N) is 2. The minimum absolute atomic E-state index is 0.169. The molecule has 0 saturated carbocycles. The van der Waals surface area contributed by atoms with Gasteiger partial charge in [0.05, 0.1) is 0 Å². The number of fused-ring (bicyclic) bond motifs is 11. The molecule has 0 amide bonds. The monoisotopic (exact) mass is 1270 g/mol. The molecule has 0 aliphatic heterocycles. The quantitative estimate of drug-likeness (QED) is 0.0557. The van der Waals surface area contributed by atoms with E-state index in [1.807, 2.05) is 22.7 Å². The topological polar surface area (TPSA) is 6.48 Å². The molecule has 2 heterocycles. The van der Waals surface area contributed by atoms with E-state index in [1.165, 1.54) is 183 Å². The molecular formula is C91H84N2S2. The molecule has 4 heteroatoms. The van der Waals surface area contributed by atoms with Crippen molar-refractivity contribution in [3.8, 4) is 33.4 Å². The summed E-state index contributed by atoms with van der Waals surface area (Å²) in [6.07, 6.45) is 20.6. The average Bonchev–Trinajstić information content (AvgIpc) is 1.58. The third-order valence-corrected chi connectivity index (χ3v) is 25.4. The van der Waals surface area contributed by atoms with Crippen LogP contribution in [-0.2, 0) is 54.8 Å². The minimum Gasteiger partial charge on any atom is -0.302 e. The summed E-state index contributed by atoms with van der Waals surface area (Å²) in [5, 5.41) is 2.53. The molecule has 470 valence electrons. The fourth-order valence-electron chi connectivity index (χ4n) is 18.1. The molecule has 95 heavy (non-hydrogen) atoms. The van der Waals surface area contributed by atoms with Gasteiger partial charge in [0.15, 0.2) is 0 Å². The van der Waals surface area contributed by atoms with E-state index >= 15 is 0 Å². The summed E-state index contributed by atoms with van der Waals surface area (Å²) in [6, 6.07) is 99.5. The smallest absolute Gasteiger partial charge is 0.100 e. The van der Waals surface area contributed by atoms with Crippen LogP contribution in [0.25, 0.3) is 33.4 Å². The molecule has 0 bridgehead atoms. The van der Waals surface area contributed by atoms with Crippen LogP contribution >= 0.6 is 22.7 Å². The molecule has 0 radical (unpaired) electrons. The van der Waals surface area contributed by atoms with Crippen LogP contribution in [0.2, 0.25) is 0 Å². The lowest BCUT2D eigenvalue weighted by molar-refractivity contribution is 0.393. The first-order valence-electron chi connectivity index (χ1n) is 35.8. The predicted molar refractivity (Wildman–Crippen MR) is 403 cm³/mol. The van der Waals surface area contributed by atoms with Crippen molar-refractivity contribution in [2.45, 2.75) is 146 Å². The van der Waals surface area contributed by atoms with Crippen molar-refractivity contribution in [3.63, 3.8) is 0 Å². The highest BCUT2D eigenvalue weighted by Crippen LogP contribution is 2.60. The number of unbranched alkanes of at least 4 members (excludes halogenated alkanes) is 6. The van der Waals surface area contributed by atoms with Crippen LogP contribution in [0.3, 0.4) is 0 Å². The zero-order valence-corrected chi connectivity index (χ0v) is 56.8. The van der Waals surface area contributed by atoms with Gasteiger partial charge in [-0.25, -0.2) is 0 Å². The highest BCUT2D eigenvalue weighted by molar-refractivity contribution is 7.16. The van der Waals surface area contributed by atoms with E-state index in [4.69, 9.17) is 0 Å².